The molecule has 3 aromatic carbocycles. The van der Waals surface area contributed by atoms with Crippen LogP contribution in [0.2, 0.25) is 0 Å². The van der Waals surface area contributed by atoms with Gasteiger partial charge >= 0.3 is 12.1 Å². The van der Waals surface area contributed by atoms with E-state index < -0.39 is 23.9 Å². The van der Waals surface area contributed by atoms with Crippen molar-refractivity contribution in [3.05, 3.63) is 101 Å². The number of thiazole rings is 1. The van der Waals surface area contributed by atoms with Crippen LogP contribution in [-0.4, -0.2) is 169 Å². The third-order valence-electron chi connectivity index (χ3n) is 19.4. The molecule has 22 heteroatoms. The lowest BCUT2D eigenvalue weighted by molar-refractivity contribution is -0.141. The molecule has 7 aliphatic rings. The predicted molar refractivity (Wildman–Crippen MR) is 329 cm³/mol. The van der Waals surface area contributed by atoms with E-state index in [0.717, 1.165) is 103 Å². The first-order chi connectivity index (χ1) is 42.1. The van der Waals surface area contributed by atoms with E-state index in [-0.39, 0.29) is 103 Å². The number of aromatic hydroxyl groups is 1. The van der Waals surface area contributed by atoms with Gasteiger partial charge in [0.15, 0.2) is 17.4 Å². The average Bonchev–Trinajstić information content (AvgIpc) is 1.39. The number of phenolic OH excluding ortho intramolecular Hbond substituents is 1. The molecule has 3 amide bonds. The third kappa shape index (κ3) is 11.3. The Morgan fingerprint density at radius 2 is 1.79 bits per heavy atom. The Balaban J connectivity index is 0.638. The van der Waals surface area contributed by atoms with E-state index in [2.05, 4.69) is 37.5 Å². The monoisotopic (exact) mass is 1200 g/mol. The quantitative estimate of drug-likeness (QED) is 0.0708. The van der Waals surface area contributed by atoms with Crippen molar-refractivity contribution in [1.29, 1.82) is 0 Å². The number of anilines is 2. The Hall–Kier alpha value is -7.53. The van der Waals surface area contributed by atoms with Crippen LogP contribution in [0.5, 0.6) is 11.8 Å². The van der Waals surface area contributed by atoms with Gasteiger partial charge in [0, 0.05) is 88.2 Å². The highest BCUT2D eigenvalue weighted by molar-refractivity contribution is 7.13. The van der Waals surface area contributed by atoms with Gasteiger partial charge in [0.25, 0.3) is 0 Å². The largest absolute Gasteiger partial charge is 0.508 e. The first-order valence-electron chi connectivity index (χ1n) is 31.1. The van der Waals surface area contributed by atoms with Gasteiger partial charge in [-0.05, 0) is 117 Å². The number of nitrogens with one attached hydrogen (secondary N) is 2. The van der Waals surface area contributed by atoms with Gasteiger partial charge in [-0.1, -0.05) is 68.4 Å². The molecule has 20 nitrogen and oxygen atoms in total. The molecule has 7 aromatic rings. The number of ether oxygens (including phenoxy) is 2. The third-order valence-corrected chi connectivity index (χ3v) is 20.3. The molecule has 8 atom stereocenters. The molecule has 4 N–H and O–H groups in total. The lowest BCUT2D eigenvalue weighted by Crippen LogP contribution is -2.54. The van der Waals surface area contributed by atoms with Crippen molar-refractivity contribution < 1.29 is 43.0 Å². The molecule has 11 heterocycles. The number of aromatic nitrogens is 5. The van der Waals surface area contributed by atoms with Crippen LogP contribution < -0.4 is 25.2 Å². The molecule has 0 saturated carbocycles. The first kappa shape index (κ1) is 58.5. The van der Waals surface area contributed by atoms with Crippen LogP contribution in [0, 0.1) is 18.7 Å². The molecule has 7 fully saturated rings. The number of piperazine rings is 2. The molecule has 87 heavy (non-hydrogen) atoms. The molecule has 2 bridgehead atoms. The van der Waals surface area contributed by atoms with E-state index in [1.807, 2.05) is 80.6 Å². The molecule has 0 aliphatic carbocycles. The number of hydrogen-bond acceptors (Lipinski definition) is 18. The van der Waals surface area contributed by atoms with Gasteiger partial charge < -0.3 is 54.4 Å². The van der Waals surface area contributed by atoms with Gasteiger partial charge in [0.2, 0.25) is 11.8 Å². The minimum atomic E-state index is -0.865. The van der Waals surface area contributed by atoms with Crippen molar-refractivity contribution in [2.45, 2.75) is 140 Å². The molecular weight excluding hydrogens is 1130 g/mol. The Bertz CT molecular complexity index is 3700. The highest BCUT2D eigenvalue weighted by Gasteiger charge is 2.51. The number of aryl methyl sites for hydroxylation is 2. The average molecular weight is 1210 g/mol. The van der Waals surface area contributed by atoms with Crippen LogP contribution >= 0.6 is 11.3 Å². The summed E-state index contributed by atoms with van der Waals surface area (Å²) in [5.41, 5.74) is 6.17. The second-order valence-corrected chi connectivity index (χ2v) is 25.9. The van der Waals surface area contributed by atoms with Gasteiger partial charge in [-0.3, -0.25) is 19.5 Å². The number of aliphatic hydroxyl groups is 1. The Kier molecular flexibility index (Phi) is 16.3. The maximum Gasteiger partial charge on any atom is 0.409 e. The number of carbonyl (C=O) groups is 3. The van der Waals surface area contributed by atoms with Gasteiger partial charge in [0.1, 0.15) is 48.0 Å². The first-order valence-corrected chi connectivity index (χ1v) is 31.9. The number of halogens is 1. The van der Waals surface area contributed by atoms with Gasteiger partial charge in [-0.2, -0.15) is 9.97 Å². The fourth-order valence-corrected chi connectivity index (χ4v) is 15.5. The Morgan fingerprint density at radius 1 is 0.966 bits per heavy atom. The van der Waals surface area contributed by atoms with E-state index in [0.29, 0.717) is 60.9 Å². The van der Waals surface area contributed by atoms with Crippen molar-refractivity contribution in [2.24, 2.45) is 5.92 Å². The highest BCUT2D eigenvalue weighted by Crippen LogP contribution is 2.45. The van der Waals surface area contributed by atoms with Crippen molar-refractivity contribution in [1.82, 2.24) is 50.4 Å². The van der Waals surface area contributed by atoms with Gasteiger partial charge in [-0.15, -0.1) is 11.3 Å². The van der Waals surface area contributed by atoms with E-state index >= 15 is 4.39 Å². The summed E-state index contributed by atoms with van der Waals surface area (Å²) in [4.78, 5) is 72.3. The SMILES string of the molecule is CCc1cccc2cc(O)cc(-c3ncc4c(N5CC6CCCC5CN6)nc(OC[C@]56CCCN5[C@H](COC(=O)N5CCN(c7cc([C@H](C(=O)N8C[C@H](O)C[C@H]8C(=O)N[C@@H](C)c8ccc(-c9scnc9C)cc8)C(C)C)on7)CC5)CC6)nc4c3F)c12. The lowest BCUT2D eigenvalue weighted by atomic mass is 9.91. The zero-order valence-electron chi connectivity index (χ0n) is 50.1. The molecule has 7 saturated heterocycles. The zero-order valence-corrected chi connectivity index (χ0v) is 50.9. The number of fused-ring (bicyclic) bond motifs is 7. The van der Waals surface area contributed by atoms with Crippen LogP contribution in [0.15, 0.2) is 76.9 Å². The van der Waals surface area contributed by atoms with Crippen molar-refractivity contribution in [3.8, 4) is 33.5 Å². The number of carbonyl (C=O) groups excluding carboxylic acids is 3. The number of β-amino-alcohol motifs (C(OH)–C–C–N with tert-alkyl or cyclic N) is 1. The van der Waals surface area contributed by atoms with Crippen molar-refractivity contribution in [3.63, 3.8) is 0 Å². The van der Waals surface area contributed by atoms with E-state index in [4.69, 9.17) is 28.9 Å². The summed E-state index contributed by atoms with van der Waals surface area (Å²) < 4.78 is 36.2. The summed E-state index contributed by atoms with van der Waals surface area (Å²) in [6.07, 6.45) is 7.85. The fourth-order valence-electron chi connectivity index (χ4n) is 14.7. The molecule has 0 spiro atoms. The lowest BCUT2D eigenvalue weighted by Gasteiger charge is -2.39. The number of rotatable bonds is 16. The maximum atomic E-state index is 17.5. The Labute approximate surface area is 509 Å². The summed E-state index contributed by atoms with van der Waals surface area (Å²) in [6, 6.07) is 18.3. The van der Waals surface area contributed by atoms with Crippen LogP contribution in [0.25, 0.3) is 43.4 Å². The Morgan fingerprint density at radius 3 is 2.57 bits per heavy atom. The van der Waals surface area contributed by atoms with E-state index in [9.17, 15) is 24.6 Å². The minimum absolute atomic E-state index is 0.0180. The second-order valence-electron chi connectivity index (χ2n) is 25.1. The number of likely N-dealkylation sites (tertiary alicyclic amines) is 1. The topological polar surface area (TPSA) is 228 Å². The maximum absolute atomic E-state index is 17.5. The standard InChI is InChI=1S/C65H77FN12O8S/c1-6-40-10-7-11-43-26-47(79)27-49(55(40)43)57-56(66)58-50(31-68-57)60(76-32-44-12-8-13-45(76)30-67-44)72-63(71-58)85-35-65-19-9-21-78(65)46(18-20-65)34-84-64(83)75-24-22-74(23-25-75)53-29-52(86-73-53)54(37(2)3)62(82)77-33-48(80)28-51(77)61(81)70-38(4)41-14-16-42(17-15-41)59-39(5)69-36-87-59/h7,10-11,14-17,26-27,29,31,36-38,44-46,48,51,54,67,79-80H,6,8-9,12-13,18-25,28,30,32-35H2,1-5H3,(H,70,81)/t38-,44?,45?,46-,48+,51-,54+,65+/m0/s1. The summed E-state index contributed by atoms with van der Waals surface area (Å²) in [6.45, 7) is 14.4. The normalized spacial score (nSPS) is 23.8. The number of pyridine rings is 1. The summed E-state index contributed by atoms with van der Waals surface area (Å²) in [5.74, 6) is -0.663. The molecular formula is C65H77FN12O8S. The van der Waals surface area contributed by atoms with Crippen LogP contribution in [-0.2, 0) is 20.7 Å². The van der Waals surface area contributed by atoms with Crippen molar-refractivity contribution >= 4 is 62.6 Å². The molecule has 7 aliphatic heterocycles. The zero-order chi connectivity index (χ0) is 60.3. The number of aliphatic hydroxyl groups excluding tert-OH is 1. The molecule has 458 valence electrons. The van der Waals surface area contributed by atoms with Gasteiger partial charge in [0.05, 0.1) is 39.2 Å². The highest BCUT2D eigenvalue weighted by atomic mass is 32.1. The van der Waals surface area contributed by atoms with Crippen LogP contribution in [0.3, 0.4) is 0 Å². The molecule has 0 radical (unpaired) electrons. The van der Waals surface area contributed by atoms with Gasteiger partial charge in [-0.25, -0.2) is 14.2 Å². The second kappa shape index (κ2) is 24.2. The van der Waals surface area contributed by atoms with Crippen LogP contribution in [0.1, 0.15) is 114 Å². The number of phenols is 1. The minimum Gasteiger partial charge on any atom is -0.508 e. The molecule has 2 unspecified atom stereocenters. The van der Waals surface area contributed by atoms with Crippen molar-refractivity contribution in [2.75, 3.05) is 75.4 Å². The van der Waals surface area contributed by atoms with Crippen LogP contribution in [0.4, 0.5) is 20.8 Å². The number of benzene rings is 3. The summed E-state index contributed by atoms with van der Waals surface area (Å²) in [7, 11) is 0. The smallest absolute Gasteiger partial charge is 0.409 e. The number of nitrogens with zero attached hydrogens (tertiary/aromatic N) is 10. The predicted octanol–water partition coefficient (Wildman–Crippen LogP) is 8.92. The fraction of sp³-hybridized carbons (Fsp3) is 0.508. The number of hydrogen-bond donors (Lipinski definition) is 4. The summed E-state index contributed by atoms with van der Waals surface area (Å²) in [5, 5.41) is 35.1. The summed E-state index contributed by atoms with van der Waals surface area (Å²) >= 11 is 1.58. The molecule has 4 aromatic heterocycles. The van der Waals surface area contributed by atoms with E-state index in [1.54, 1.807) is 40.6 Å². The van der Waals surface area contributed by atoms with E-state index in [1.165, 1.54) is 4.90 Å². The molecule has 14 rings (SSSR count). The number of amides is 3.